The number of carbonyl (C=O) groups is 2. The summed E-state index contributed by atoms with van der Waals surface area (Å²) >= 11 is 0. The zero-order chi connectivity index (χ0) is 31.0. The smallest absolute Gasteiger partial charge is 0.204 e. The third-order valence-electron chi connectivity index (χ3n) is 7.86. The predicted octanol–water partition coefficient (Wildman–Crippen LogP) is 10.5. The molecular formula is C38H66O4. The first-order chi connectivity index (χ1) is 20.5. The van der Waals surface area contributed by atoms with Crippen molar-refractivity contribution in [3.05, 3.63) is 48.6 Å². The van der Waals surface area contributed by atoms with Crippen molar-refractivity contribution in [1.29, 1.82) is 0 Å². The summed E-state index contributed by atoms with van der Waals surface area (Å²) in [4.78, 5) is 25.2. The summed E-state index contributed by atoms with van der Waals surface area (Å²) in [6.45, 7) is 3.64. The standard InChI is InChI=1S/C38H66O4/c1-3-5-7-9-11-13-15-17-19-21-23-25-27-29-31-33-36(40)38(42,35-39)37(41)34-32-30-28-26-24-22-20-18-16-14-12-10-8-6-4-2/h11-14,17-20,39,42H,3-10,15-16,21-35H2,1-2H3/b13-11-,14-12-,19-17-,20-18-. The molecule has 0 radical (unpaired) electrons. The minimum absolute atomic E-state index is 0.148. The molecule has 4 nitrogen and oxygen atoms in total. The maximum Gasteiger partial charge on any atom is 0.204 e. The predicted molar refractivity (Wildman–Crippen MR) is 181 cm³/mol. The van der Waals surface area contributed by atoms with E-state index in [0.29, 0.717) is 12.8 Å². The van der Waals surface area contributed by atoms with Crippen LogP contribution in [0.25, 0.3) is 0 Å². The molecule has 0 aromatic carbocycles. The number of hydrogen-bond donors (Lipinski definition) is 2. The number of ketones is 2. The Morgan fingerprint density at radius 2 is 0.786 bits per heavy atom. The van der Waals surface area contributed by atoms with Crippen molar-refractivity contribution in [2.45, 2.75) is 174 Å². The number of rotatable bonds is 31. The van der Waals surface area contributed by atoms with Crippen molar-refractivity contribution in [2.24, 2.45) is 0 Å². The highest BCUT2D eigenvalue weighted by atomic mass is 16.3. The Balaban J connectivity index is 3.85. The summed E-state index contributed by atoms with van der Waals surface area (Å²) in [5.74, 6) is -1.05. The molecule has 0 heterocycles. The maximum absolute atomic E-state index is 12.6. The van der Waals surface area contributed by atoms with E-state index in [1.807, 2.05) is 0 Å². The number of carbonyl (C=O) groups excluding carboxylic acids is 2. The van der Waals surface area contributed by atoms with Gasteiger partial charge < -0.3 is 10.2 Å². The lowest BCUT2D eigenvalue weighted by Crippen LogP contribution is -2.49. The van der Waals surface area contributed by atoms with E-state index in [-0.39, 0.29) is 12.8 Å². The van der Waals surface area contributed by atoms with E-state index in [9.17, 15) is 19.8 Å². The van der Waals surface area contributed by atoms with Crippen LogP contribution in [0.4, 0.5) is 0 Å². The lowest BCUT2D eigenvalue weighted by molar-refractivity contribution is -0.155. The van der Waals surface area contributed by atoms with Crippen LogP contribution < -0.4 is 0 Å². The number of unbranched alkanes of at least 4 members (excludes halogenated alkanes) is 16. The fourth-order valence-corrected chi connectivity index (χ4v) is 4.94. The van der Waals surface area contributed by atoms with Gasteiger partial charge in [-0.1, -0.05) is 127 Å². The molecule has 0 aliphatic carbocycles. The fourth-order valence-electron chi connectivity index (χ4n) is 4.94. The Labute approximate surface area is 259 Å². The largest absolute Gasteiger partial charge is 0.392 e. The van der Waals surface area contributed by atoms with Crippen LogP contribution in [0.5, 0.6) is 0 Å². The van der Waals surface area contributed by atoms with Crippen molar-refractivity contribution in [1.82, 2.24) is 0 Å². The molecule has 0 fully saturated rings. The molecule has 4 heteroatoms. The summed E-state index contributed by atoms with van der Waals surface area (Å²) in [6, 6.07) is 0. The first kappa shape index (κ1) is 40.2. The van der Waals surface area contributed by atoms with Crippen LogP contribution in [0.1, 0.15) is 168 Å². The first-order valence-electron chi connectivity index (χ1n) is 17.5. The molecular weight excluding hydrogens is 520 g/mol. The highest BCUT2D eigenvalue weighted by Gasteiger charge is 2.41. The van der Waals surface area contributed by atoms with Crippen LogP contribution in [-0.4, -0.2) is 34.0 Å². The van der Waals surface area contributed by atoms with Gasteiger partial charge in [0.15, 0.2) is 11.6 Å². The van der Waals surface area contributed by atoms with Gasteiger partial charge in [-0.3, -0.25) is 9.59 Å². The summed E-state index contributed by atoms with van der Waals surface area (Å²) in [7, 11) is 0. The van der Waals surface area contributed by atoms with Crippen molar-refractivity contribution in [3.63, 3.8) is 0 Å². The molecule has 0 aliphatic heterocycles. The van der Waals surface area contributed by atoms with Gasteiger partial charge in [0.25, 0.3) is 0 Å². The second-order valence-electron chi connectivity index (χ2n) is 11.8. The van der Waals surface area contributed by atoms with Gasteiger partial charge in [-0.25, -0.2) is 0 Å². The molecule has 0 atom stereocenters. The average Bonchev–Trinajstić information content (AvgIpc) is 3.00. The summed E-state index contributed by atoms with van der Waals surface area (Å²) in [5.41, 5.74) is -2.22. The first-order valence-corrected chi connectivity index (χ1v) is 17.5. The zero-order valence-corrected chi connectivity index (χ0v) is 27.5. The van der Waals surface area contributed by atoms with Gasteiger partial charge in [-0.05, 0) is 77.0 Å². The Morgan fingerprint density at radius 3 is 1.12 bits per heavy atom. The number of aliphatic hydroxyl groups is 2. The molecule has 0 saturated carbocycles. The molecule has 0 aromatic rings. The van der Waals surface area contributed by atoms with E-state index in [1.54, 1.807) is 0 Å². The Bertz CT molecular complexity index is 688. The Kier molecular flexibility index (Phi) is 29.4. The van der Waals surface area contributed by atoms with Gasteiger partial charge in [-0.15, -0.1) is 0 Å². The summed E-state index contributed by atoms with van der Waals surface area (Å²) in [6.07, 6.45) is 42.3. The molecule has 0 aliphatic rings. The zero-order valence-electron chi connectivity index (χ0n) is 27.5. The van der Waals surface area contributed by atoms with E-state index in [0.717, 1.165) is 77.0 Å². The molecule has 0 bridgehead atoms. The minimum atomic E-state index is -2.22. The van der Waals surface area contributed by atoms with E-state index in [4.69, 9.17) is 0 Å². The Hall–Kier alpha value is -1.78. The molecule has 0 aromatic heterocycles. The van der Waals surface area contributed by atoms with Crippen LogP contribution >= 0.6 is 0 Å². The van der Waals surface area contributed by atoms with Crippen LogP contribution in [0.15, 0.2) is 48.6 Å². The number of allylic oxidation sites excluding steroid dienone is 8. The molecule has 0 saturated heterocycles. The number of aliphatic hydroxyl groups excluding tert-OH is 1. The quantitative estimate of drug-likeness (QED) is 0.0481. The van der Waals surface area contributed by atoms with Crippen molar-refractivity contribution in [2.75, 3.05) is 6.61 Å². The van der Waals surface area contributed by atoms with E-state index < -0.39 is 23.8 Å². The number of Topliss-reactive ketones (excluding diaryl/α,β-unsaturated/α-hetero) is 2. The SMILES string of the molecule is CCCCC/C=C\C/C=C\CCCCCCCC(=O)C(O)(CO)C(=O)CCCCCCC/C=C\C/C=C\CCCCC. The lowest BCUT2D eigenvalue weighted by Gasteiger charge is -2.23. The third-order valence-corrected chi connectivity index (χ3v) is 7.86. The molecule has 2 N–H and O–H groups in total. The molecule has 42 heavy (non-hydrogen) atoms. The minimum Gasteiger partial charge on any atom is -0.392 e. The fraction of sp³-hybridized carbons (Fsp3) is 0.737. The van der Waals surface area contributed by atoms with Crippen molar-refractivity contribution >= 4 is 11.6 Å². The number of hydrogen-bond acceptors (Lipinski definition) is 4. The Morgan fingerprint density at radius 1 is 0.476 bits per heavy atom. The summed E-state index contributed by atoms with van der Waals surface area (Å²) < 4.78 is 0. The molecule has 0 spiro atoms. The van der Waals surface area contributed by atoms with Gasteiger partial charge >= 0.3 is 0 Å². The molecule has 0 rings (SSSR count). The van der Waals surface area contributed by atoms with E-state index in [1.165, 1.54) is 51.4 Å². The topological polar surface area (TPSA) is 74.6 Å². The monoisotopic (exact) mass is 586 g/mol. The lowest BCUT2D eigenvalue weighted by atomic mass is 9.88. The normalized spacial score (nSPS) is 12.6. The molecule has 0 unspecified atom stereocenters. The van der Waals surface area contributed by atoms with Crippen LogP contribution in [0, 0.1) is 0 Å². The van der Waals surface area contributed by atoms with Gasteiger partial charge in [0, 0.05) is 12.8 Å². The molecule has 0 amide bonds. The molecule has 242 valence electrons. The highest BCUT2D eigenvalue weighted by Crippen LogP contribution is 2.18. The van der Waals surface area contributed by atoms with Gasteiger partial charge in [0.1, 0.15) is 0 Å². The van der Waals surface area contributed by atoms with Crippen LogP contribution in [0.3, 0.4) is 0 Å². The van der Waals surface area contributed by atoms with Crippen LogP contribution in [-0.2, 0) is 9.59 Å². The average molecular weight is 587 g/mol. The highest BCUT2D eigenvalue weighted by molar-refractivity contribution is 6.10. The van der Waals surface area contributed by atoms with Gasteiger partial charge in [-0.2, -0.15) is 0 Å². The second-order valence-corrected chi connectivity index (χ2v) is 11.8. The summed E-state index contributed by atoms with van der Waals surface area (Å²) in [5, 5.41) is 20.3. The second kappa shape index (κ2) is 30.7. The van der Waals surface area contributed by atoms with Crippen molar-refractivity contribution in [3.8, 4) is 0 Å². The van der Waals surface area contributed by atoms with Gasteiger partial charge in [0.2, 0.25) is 5.60 Å². The maximum atomic E-state index is 12.6. The van der Waals surface area contributed by atoms with Crippen molar-refractivity contribution < 1.29 is 19.8 Å². The van der Waals surface area contributed by atoms with E-state index in [2.05, 4.69) is 62.5 Å². The van der Waals surface area contributed by atoms with E-state index >= 15 is 0 Å². The van der Waals surface area contributed by atoms with Gasteiger partial charge in [0.05, 0.1) is 6.61 Å². The van der Waals surface area contributed by atoms with Crippen LogP contribution in [0.2, 0.25) is 0 Å². The third kappa shape index (κ3) is 23.7.